The van der Waals surface area contributed by atoms with E-state index in [-0.39, 0.29) is 4.90 Å². The van der Waals surface area contributed by atoms with E-state index in [0.29, 0.717) is 36.9 Å². The second kappa shape index (κ2) is 7.78. The zero-order valence-electron chi connectivity index (χ0n) is 11.8. The molecule has 112 valence electrons. The van der Waals surface area contributed by atoms with Gasteiger partial charge in [0, 0.05) is 29.9 Å². The fourth-order valence-corrected chi connectivity index (χ4v) is 2.91. The smallest absolute Gasteiger partial charge is 0.175 e. The molecule has 1 N–H and O–H groups in total. The van der Waals surface area contributed by atoms with Crippen molar-refractivity contribution >= 4 is 21.4 Å². The number of halogens is 1. The number of hydrogen-bond donors (Lipinski definition) is 1. The summed E-state index contributed by atoms with van der Waals surface area (Å²) in [5.74, 6) is 0. The van der Waals surface area contributed by atoms with Crippen molar-refractivity contribution in [2.45, 2.75) is 18.4 Å². The van der Waals surface area contributed by atoms with Gasteiger partial charge in [-0.25, -0.2) is 8.42 Å². The molecule has 1 rings (SSSR count). The Morgan fingerprint density at radius 3 is 2.75 bits per heavy atom. The molecule has 0 radical (unpaired) electrons. The first-order chi connectivity index (χ1) is 9.32. The van der Waals surface area contributed by atoms with Gasteiger partial charge in [-0.05, 0) is 19.1 Å². The summed E-state index contributed by atoms with van der Waals surface area (Å²) < 4.78 is 28.7. The standard InChI is InChI=1S/C14H20ClNO3S/c1-11(2)10-19-8-7-16-9-12-13(15)5-4-6-14(12)20(3,17)18/h4-6,16H,1,7-10H2,2-3H3. The Morgan fingerprint density at radius 2 is 2.15 bits per heavy atom. The first-order valence-electron chi connectivity index (χ1n) is 6.22. The molecule has 20 heavy (non-hydrogen) atoms. The Bertz CT molecular complexity index is 570. The molecule has 0 spiro atoms. The van der Waals surface area contributed by atoms with Crippen molar-refractivity contribution in [2.75, 3.05) is 26.0 Å². The number of hydrogen-bond acceptors (Lipinski definition) is 4. The SMILES string of the molecule is C=C(C)COCCNCc1c(Cl)cccc1S(C)(=O)=O. The number of ether oxygens (including phenoxy) is 1. The highest BCUT2D eigenvalue weighted by Gasteiger charge is 2.15. The van der Waals surface area contributed by atoms with E-state index in [0.717, 1.165) is 5.57 Å². The first kappa shape index (κ1) is 17.2. The van der Waals surface area contributed by atoms with Gasteiger partial charge in [0.05, 0.1) is 18.1 Å². The summed E-state index contributed by atoms with van der Waals surface area (Å²) in [6.45, 7) is 7.70. The number of rotatable bonds is 8. The minimum Gasteiger partial charge on any atom is -0.376 e. The van der Waals surface area contributed by atoms with E-state index in [4.69, 9.17) is 16.3 Å². The van der Waals surface area contributed by atoms with Crippen LogP contribution in [0, 0.1) is 0 Å². The average molecular weight is 318 g/mol. The molecule has 0 fully saturated rings. The quantitative estimate of drug-likeness (QED) is 0.591. The van der Waals surface area contributed by atoms with Crippen molar-refractivity contribution < 1.29 is 13.2 Å². The Balaban J connectivity index is 2.58. The molecule has 0 heterocycles. The molecule has 0 aliphatic heterocycles. The van der Waals surface area contributed by atoms with E-state index in [1.54, 1.807) is 18.2 Å². The Kier molecular flexibility index (Phi) is 6.68. The van der Waals surface area contributed by atoms with Gasteiger partial charge in [0.1, 0.15) is 0 Å². The lowest BCUT2D eigenvalue weighted by Gasteiger charge is -2.11. The summed E-state index contributed by atoms with van der Waals surface area (Å²) >= 11 is 6.07. The number of benzene rings is 1. The second-order valence-electron chi connectivity index (χ2n) is 4.68. The summed E-state index contributed by atoms with van der Waals surface area (Å²) in [5.41, 5.74) is 1.56. The zero-order valence-corrected chi connectivity index (χ0v) is 13.4. The predicted octanol–water partition coefficient (Wildman–Crippen LogP) is 2.43. The number of nitrogens with one attached hydrogen (secondary N) is 1. The first-order valence-corrected chi connectivity index (χ1v) is 8.49. The van der Waals surface area contributed by atoms with Crippen LogP contribution in [0.4, 0.5) is 0 Å². The van der Waals surface area contributed by atoms with Gasteiger partial charge in [-0.3, -0.25) is 0 Å². The van der Waals surface area contributed by atoms with Gasteiger partial charge in [0.15, 0.2) is 9.84 Å². The number of sulfone groups is 1. The molecule has 6 heteroatoms. The van der Waals surface area contributed by atoms with E-state index in [1.165, 1.54) is 6.26 Å². The topological polar surface area (TPSA) is 55.4 Å². The molecule has 0 atom stereocenters. The van der Waals surface area contributed by atoms with Crippen molar-refractivity contribution in [1.29, 1.82) is 0 Å². The van der Waals surface area contributed by atoms with Crippen LogP contribution in [0.25, 0.3) is 0 Å². The molecule has 0 saturated carbocycles. The molecule has 0 saturated heterocycles. The maximum absolute atomic E-state index is 11.7. The average Bonchev–Trinajstić information content (AvgIpc) is 2.33. The normalized spacial score (nSPS) is 11.6. The van der Waals surface area contributed by atoms with Gasteiger partial charge >= 0.3 is 0 Å². The molecule has 1 aromatic carbocycles. The lowest BCUT2D eigenvalue weighted by atomic mass is 10.2. The van der Waals surface area contributed by atoms with Gasteiger partial charge in [-0.15, -0.1) is 0 Å². The lowest BCUT2D eigenvalue weighted by molar-refractivity contribution is 0.157. The van der Waals surface area contributed by atoms with Crippen molar-refractivity contribution in [3.63, 3.8) is 0 Å². The van der Waals surface area contributed by atoms with E-state index >= 15 is 0 Å². The highest BCUT2D eigenvalue weighted by molar-refractivity contribution is 7.90. The van der Waals surface area contributed by atoms with Crippen molar-refractivity contribution in [1.82, 2.24) is 5.32 Å². The van der Waals surface area contributed by atoms with Crippen LogP contribution in [0.3, 0.4) is 0 Å². The largest absolute Gasteiger partial charge is 0.376 e. The highest BCUT2D eigenvalue weighted by Crippen LogP contribution is 2.23. The molecular weight excluding hydrogens is 298 g/mol. The van der Waals surface area contributed by atoms with Crippen molar-refractivity contribution in [2.24, 2.45) is 0 Å². The maximum Gasteiger partial charge on any atom is 0.175 e. The molecule has 4 nitrogen and oxygen atoms in total. The Labute approximate surface area is 125 Å². The minimum absolute atomic E-state index is 0.264. The fourth-order valence-electron chi connectivity index (χ4n) is 1.66. The molecule has 0 bridgehead atoms. The van der Waals surface area contributed by atoms with Crippen LogP contribution in [0.5, 0.6) is 0 Å². The molecule has 0 unspecified atom stereocenters. The molecular formula is C14H20ClNO3S. The minimum atomic E-state index is -3.28. The van der Waals surface area contributed by atoms with Gasteiger partial charge in [0.2, 0.25) is 0 Å². The second-order valence-corrected chi connectivity index (χ2v) is 7.07. The van der Waals surface area contributed by atoms with Gasteiger partial charge < -0.3 is 10.1 Å². The van der Waals surface area contributed by atoms with Crippen molar-refractivity contribution in [3.8, 4) is 0 Å². The summed E-state index contributed by atoms with van der Waals surface area (Å²) in [7, 11) is -3.28. The monoisotopic (exact) mass is 317 g/mol. The molecule has 1 aromatic rings. The lowest BCUT2D eigenvalue weighted by Crippen LogP contribution is -2.21. The van der Waals surface area contributed by atoms with Gasteiger partial charge in [0.25, 0.3) is 0 Å². The zero-order chi connectivity index (χ0) is 15.2. The van der Waals surface area contributed by atoms with Crippen LogP contribution < -0.4 is 5.32 Å². The van der Waals surface area contributed by atoms with E-state index in [2.05, 4.69) is 11.9 Å². The van der Waals surface area contributed by atoms with Gasteiger partial charge in [-0.1, -0.05) is 29.8 Å². The van der Waals surface area contributed by atoms with Crippen LogP contribution in [0.2, 0.25) is 5.02 Å². The summed E-state index contributed by atoms with van der Waals surface area (Å²) in [6, 6.07) is 4.89. The van der Waals surface area contributed by atoms with E-state index < -0.39 is 9.84 Å². The van der Waals surface area contributed by atoms with E-state index in [9.17, 15) is 8.42 Å². The van der Waals surface area contributed by atoms with Crippen LogP contribution in [0.1, 0.15) is 12.5 Å². The van der Waals surface area contributed by atoms with Gasteiger partial charge in [-0.2, -0.15) is 0 Å². The summed E-state index contributed by atoms with van der Waals surface area (Å²) in [6.07, 6.45) is 1.18. The summed E-state index contributed by atoms with van der Waals surface area (Å²) in [4.78, 5) is 0.264. The van der Waals surface area contributed by atoms with Crippen LogP contribution in [-0.4, -0.2) is 34.4 Å². The Hall–Kier alpha value is -0.880. The van der Waals surface area contributed by atoms with E-state index in [1.807, 2.05) is 6.92 Å². The molecule has 0 amide bonds. The molecule has 0 aliphatic carbocycles. The highest BCUT2D eigenvalue weighted by atomic mass is 35.5. The summed E-state index contributed by atoms with van der Waals surface area (Å²) in [5, 5.41) is 3.57. The molecule has 0 aromatic heterocycles. The predicted molar refractivity (Wildman–Crippen MR) is 81.9 cm³/mol. The van der Waals surface area contributed by atoms with Crippen LogP contribution in [0.15, 0.2) is 35.2 Å². The Morgan fingerprint density at radius 1 is 1.45 bits per heavy atom. The van der Waals surface area contributed by atoms with Crippen LogP contribution >= 0.6 is 11.6 Å². The third kappa shape index (κ3) is 5.63. The third-order valence-corrected chi connectivity index (χ3v) is 4.08. The fraction of sp³-hybridized carbons (Fsp3) is 0.429. The van der Waals surface area contributed by atoms with Crippen molar-refractivity contribution in [3.05, 3.63) is 40.9 Å². The van der Waals surface area contributed by atoms with Crippen LogP contribution in [-0.2, 0) is 21.1 Å². The third-order valence-electron chi connectivity index (χ3n) is 2.55. The maximum atomic E-state index is 11.7. The molecule has 0 aliphatic rings.